The number of para-hydroxylation sites is 1. The molecule has 1 unspecified atom stereocenters. The van der Waals surface area contributed by atoms with Crippen molar-refractivity contribution in [1.82, 2.24) is 0 Å². The van der Waals surface area contributed by atoms with Crippen LogP contribution in [0, 0.1) is 11.3 Å². The monoisotopic (exact) mass is 384 g/mol. The number of carbonyl (C=O) groups excluding carboxylic acids is 2. The van der Waals surface area contributed by atoms with Crippen molar-refractivity contribution in [3.8, 4) is 6.07 Å². The van der Waals surface area contributed by atoms with Crippen LogP contribution >= 0.6 is 11.6 Å². The Kier molecular flexibility index (Phi) is 7.84. The van der Waals surface area contributed by atoms with Crippen LogP contribution in [0.5, 0.6) is 0 Å². The fraction of sp³-hybridized carbons (Fsp3) is 0.286. The highest BCUT2D eigenvalue weighted by molar-refractivity contribution is 6.22. The first kappa shape index (κ1) is 20.5. The lowest BCUT2D eigenvalue weighted by molar-refractivity contribution is 0.0501. The van der Waals surface area contributed by atoms with Crippen LogP contribution < -0.4 is 5.32 Å². The smallest absolute Gasteiger partial charge is 0.340 e. The summed E-state index contributed by atoms with van der Waals surface area (Å²) in [6.07, 6.45) is 1.96. The molecule has 0 saturated heterocycles. The zero-order valence-electron chi connectivity index (χ0n) is 15.1. The van der Waals surface area contributed by atoms with Crippen LogP contribution in [0.15, 0.2) is 48.5 Å². The van der Waals surface area contributed by atoms with Gasteiger partial charge in [-0.1, -0.05) is 43.7 Å². The summed E-state index contributed by atoms with van der Waals surface area (Å²) in [4.78, 5) is 25.0. The molecule has 0 heterocycles. The highest BCUT2D eigenvalue weighted by Crippen LogP contribution is 2.20. The molecule has 5 nitrogen and oxygen atoms in total. The minimum Gasteiger partial charge on any atom is -0.462 e. The number of amides is 1. The third-order valence-corrected chi connectivity index (χ3v) is 4.18. The summed E-state index contributed by atoms with van der Waals surface area (Å²) in [6.45, 7) is 2.35. The van der Waals surface area contributed by atoms with Gasteiger partial charge in [0.15, 0.2) is 0 Å². The molecular formula is C21H21ClN2O3. The molecule has 0 fully saturated rings. The van der Waals surface area contributed by atoms with E-state index in [4.69, 9.17) is 21.6 Å². The molecule has 2 rings (SSSR count). The molecule has 0 aliphatic carbocycles. The maximum Gasteiger partial charge on any atom is 0.340 e. The number of nitrogens with one attached hydrogen (secondary N) is 1. The molecule has 0 saturated carbocycles. The maximum absolute atomic E-state index is 12.8. The van der Waals surface area contributed by atoms with E-state index in [2.05, 4.69) is 5.32 Å². The van der Waals surface area contributed by atoms with E-state index in [1.165, 1.54) is 0 Å². The van der Waals surface area contributed by atoms with Gasteiger partial charge in [-0.3, -0.25) is 4.79 Å². The minimum absolute atomic E-state index is 0.252. The molecule has 1 N–H and O–H groups in total. The van der Waals surface area contributed by atoms with Crippen molar-refractivity contribution >= 4 is 29.2 Å². The number of nitriles is 1. The van der Waals surface area contributed by atoms with E-state index >= 15 is 0 Å². The van der Waals surface area contributed by atoms with E-state index in [0.717, 1.165) is 12.8 Å². The van der Waals surface area contributed by atoms with Gasteiger partial charge in [0.2, 0.25) is 0 Å². The minimum atomic E-state index is -0.722. The molecule has 0 aliphatic heterocycles. The third-order valence-electron chi connectivity index (χ3n) is 3.93. The van der Waals surface area contributed by atoms with E-state index in [1.54, 1.807) is 48.5 Å². The Bertz CT molecular complexity index is 845. The Morgan fingerprint density at radius 3 is 2.52 bits per heavy atom. The summed E-state index contributed by atoms with van der Waals surface area (Å²) in [5.41, 5.74) is 1.75. The standard InChI is InChI=1S/C21H21ClN2O3/c1-2-3-12-27-21(26)18-10-6-7-11-19(18)24-20(25)17-9-5-4-8-15(17)13-16(22)14-23/h4-11,16H,2-3,12-13H2,1H3,(H,24,25). The van der Waals surface area contributed by atoms with Gasteiger partial charge in [0.1, 0.15) is 5.38 Å². The number of benzene rings is 2. The lowest BCUT2D eigenvalue weighted by atomic mass is 10.0. The molecule has 0 bridgehead atoms. The number of nitrogens with zero attached hydrogens (tertiary/aromatic N) is 1. The van der Waals surface area contributed by atoms with Crippen molar-refractivity contribution in [1.29, 1.82) is 5.26 Å². The van der Waals surface area contributed by atoms with E-state index < -0.39 is 11.3 Å². The highest BCUT2D eigenvalue weighted by atomic mass is 35.5. The van der Waals surface area contributed by atoms with Crippen molar-refractivity contribution in [2.45, 2.75) is 31.6 Å². The average Bonchev–Trinajstić information content (AvgIpc) is 2.68. The molecular weight excluding hydrogens is 364 g/mol. The van der Waals surface area contributed by atoms with Gasteiger partial charge in [-0.2, -0.15) is 5.26 Å². The summed E-state index contributed by atoms with van der Waals surface area (Å²) in [5.74, 6) is -0.848. The number of halogens is 1. The van der Waals surface area contributed by atoms with Crippen molar-refractivity contribution in [3.05, 3.63) is 65.2 Å². The summed E-state index contributed by atoms with van der Waals surface area (Å²) in [7, 11) is 0. The Labute approximate surface area is 163 Å². The fourth-order valence-corrected chi connectivity index (χ4v) is 2.67. The first-order valence-electron chi connectivity index (χ1n) is 8.76. The highest BCUT2D eigenvalue weighted by Gasteiger charge is 2.18. The molecule has 27 heavy (non-hydrogen) atoms. The quantitative estimate of drug-likeness (QED) is 0.410. The van der Waals surface area contributed by atoms with Gasteiger partial charge in [0.25, 0.3) is 5.91 Å². The van der Waals surface area contributed by atoms with E-state index in [1.807, 2.05) is 13.0 Å². The summed E-state index contributed by atoms with van der Waals surface area (Å²) in [6, 6.07) is 15.6. The third kappa shape index (κ3) is 5.83. The van der Waals surface area contributed by atoms with Gasteiger partial charge in [-0.25, -0.2) is 4.79 Å². The molecule has 2 aromatic rings. The summed E-state index contributed by atoms with van der Waals surface area (Å²) < 4.78 is 5.24. The number of unbranched alkanes of at least 4 members (excludes halogenated alkanes) is 1. The summed E-state index contributed by atoms with van der Waals surface area (Å²) in [5, 5.41) is 11.0. The molecule has 0 spiro atoms. The van der Waals surface area contributed by atoms with Crippen molar-refractivity contribution in [2.75, 3.05) is 11.9 Å². The van der Waals surface area contributed by atoms with E-state index in [-0.39, 0.29) is 12.3 Å². The van der Waals surface area contributed by atoms with Gasteiger partial charge in [-0.05, 0) is 30.2 Å². The zero-order chi connectivity index (χ0) is 19.6. The second kappa shape index (κ2) is 10.3. The Morgan fingerprint density at radius 1 is 1.15 bits per heavy atom. The first-order chi connectivity index (χ1) is 13.1. The molecule has 0 radical (unpaired) electrons. The summed E-state index contributed by atoms with van der Waals surface area (Å²) >= 11 is 5.91. The second-order valence-electron chi connectivity index (χ2n) is 5.95. The number of hydrogen-bond acceptors (Lipinski definition) is 4. The lowest BCUT2D eigenvalue weighted by Gasteiger charge is -2.13. The molecule has 1 atom stereocenters. The largest absolute Gasteiger partial charge is 0.462 e. The predicted octanol–water partition coefficient (Wildman–Crippen LogP) is 4.57. The lowest BCUT2D eigenvalue weighted by Crippen LogP contribution is -2.18. The van der Waals surface area contributed by atoms with Crippen LogP contribution in [-0.2, 0) is 11.2 Å². The first-order valence-corrected chi connectivity index (χ1v) is 9.19. The van der Waals surface area contributed by atoms with Gasteiger partial charge in [-0.15, -0.1) is 11.6 Å². The molecule has 2 aromatic carbocycles. The zero-order valence-corrected chi connectivity index (χ0v) is 15.8. The topological polar surface area (TPSA) is 79.2 Å². The van der Waals surface area contributed by atoms with Crippen LogP contribution in [-0.4, -0.2) is 23.9 Å². The molecule has 0 aliphatic rings. The van der Waals surface area contributed by atoms with Crippen LogP contribution in [0.3, 0.4) is 0 Å². The van der Waals surface area contributed by atoms with Crippen LogP contribution in [0.4, 0.5) is 5.69 Å². The van der Waals surface area contributed by atoms with E-state index in [9.17, 15) is 9.59 Å². The van der Waals surface area contributed by atoms with Crippen LogP contribution in [0.2, 0.25) is 0 Å². The molecule has 1 amide bonds. The van der Waals surface area contributed by atoms with Gasteiger partial charge in [0.05, 0.1) is 23.9 Å². The van der Waals surface area contributed by atoms with Gasteiger partial charge < -0.3 is 10.1 Å². The molecule has 6 heteroatoms. The SMILES string of the molecule is CCCCOC(=O)c1ccccc1NC(=O)c1ccccc1CC(Cl)C#N. The number of ether oxygens (including phenoxy) is 1. The number of carbonyl (C=O) groups is 2. The van der Waals surface area contributed by atoms with Crippen molar-refractivity contribution < 1.29 is 14.3 Å². The van der Waals surface area contributed by atoms with Crippen molar-refractivity contribution in [3.63, 3.8) is 0 Å². The fourth-order valence-electron chi connectivity index (χ4n) is 2.51. The van der Waals surface area contributed by atoms with Gasteiger partial charge in [0, 0.05) is 12.0 Å². The maximum atomic E-state index is 12.8. The Morgan fingerprint density at radius 2 is 1.81 bits per heavy atom. The van der Waals surface area contributed by atoms with Crippen LogP contribution in [0.1, 0.15) is 46.0 Å². The number of rotatable bonds is 8. The Hall–Kier alpha value is -2.84. The number of esters is 1. The predicted molar refractivity (Wildman–Crippen MR) is 105 cm³/mol. The Balaban J connectivity index is 2.20. The number of anilines is 1. The van der Waals surface area contributed by atoms with Crippen LogP contribution in [0.25, 0.3) is 0 Å². The number of hydrogen-bond donors (Lipinski definition) is 1. The molecule has 140 valence electrons. The second-order valence-corrected chi connectivity index (χ2v) is 6.47. The number of alkyl halides is 1. The van der Waals surface area contributed by atoms with Gasteiger partial charge >= 0.3 is 5.97 Å². The van der Waals surface area contributed by atoms with E-state index in [0.29, 0.717) is 29.0 Å². The normalized spacial score (nSPS) is 11.3. The van der Waals surface area contributed by atoms with Crippen molar-refractivity contribution in [2.24, 2.45) is 0 Å². The average molecular weight is 385 g/mol. The molecule has 0 aromatic heterocycles.